The summed E-state index contributed by atoms with van der Waals surface area (Å²) in [5.74, 6) is -0.163. The number of carbonyl (C=O) groups excluding carboxylic acids is 1. The number of aromatic amines is 1. The molecule has 2 aromatic rings. The van der Waals surface area contributed by atoms with Gasteiger partial charge in [-0.1, -0.05) is 0 Å². The van der Waals surface area contributed by atoms with Crippen LogP contribution in [0.25, 0.3) is 0 Å². The molecule has 0 spiro atoms. The molecule has 0 unspecified atom stereocenters. The molecule has 0 aliphatic rings. The highest BCUT2D eigenvalue weighted by atomic mass is 79.9. The van der Waals surface area contributed by atoms with Crippen LogP contribution in [0, 0.1) is 13.8 Å². The first-order chi connectivity index (χ1) is 9.85. The number of rotatable bonds is 4. The first-order valence-corrected chi connectivity index (χ1v) is 7.33. The Hall–Kier alpha value is -1.89. The molecular weight excluding hydrogens is 338 g/mol. The number of aryl methyl sites for hydroxylation is 1. The molecular formula is C14H16BrN3O3. The smallest absolute Gasteiger partial charge is 0.328 e. The Labute approximate surface area is 129 Å². The van der Waals surface area contributed by atoms with Crippen molar-refractivity contribution in [1.82, 2.24) is 14.1 Å². The average molecular weight is 354 g/mol. The highest BCUT2D eigenvalue weighted by Crippen LogP contribution is 2.16. The lowest BCUT2D eigenvalue weighted by molar-refractivity contribution is 0.0969. The Morgan fingerprint density at radius 3 is 2.57 bits per heavy atom. The highest BCUT2D eigenvalue weighted by Gasteiger charge is 2.16. The molecule has 0 atom stereocenters. The maximum atomic E-state index is 12.4. The molecule has 0 fully saturated rings. The van der Waals surface area contributed by atoms with Gasteiger partial charge in [-0.3, -0.25) is 19.1 Å². The van der Waals surface area contributed by atoms with Gasteiger partial charge in [0.2, 0.25) is 0 Å². The number of nitrogens with zero attached hydrogens (tertiary/aromatic N) is 2. The summed E-state index contributed by atoms with van der Waals surface area (Å²) < 4.78 is 3.44. The van der Waals surface area contributed by atoms with Gasteiger partial charge in [-0.05, 0) is 42.8 Å². The number of Topliss-reactive ketones (excluding diaryl/α,β-unsaturated/α-hetero) is 1. The number of nitrogens with one attached hydrogen (secondary N) is 1. The van der Waals surface area contributed by atoms with Gasteiger partial charge in [0, 0.05) is 29.7 Å². The Morgan fingerprint density at radius 2 is 2.00 bits per heavy atom. The van der Waals surface area contributed by atoms with Crippen LogP contribution in [0.2, 0.25) is 0 Å². The van der Waals surface area contributed by atoms with E-state index in [2.05, 4.69) is 20.9 Å². The fraction of sp³-hybridized carbons (Fsp3) is 0.357. The molecule has 6 nitrogen and oxygen atoms in total. The zero-order chi connectivity index (χ0) is 15.7. The molecule has 2 rings (SSSR count). The molecule has 2 aromatic heterocycles. The number of H-pyrrole nitrogens is 1. The number of aromatic nitrogens is 3. The summed E-state index contributed by atoms with van der Waals surface area (Å²) in [5.41, 5.74) is 1.39. The van der Waals surface area contributed by atoms with Crippen molar-refractivity contribution >= 4 is 21.7 Å². The third kappa shape index (κ3) is 2.92. The van der Waals surface area contributed by atoms with E-state index in [1.807, 2.05) is 31.4 Å². The molecule has 2 heterocycles. The summed E-state index contributed by atoms with van der Waals surface area (Å²) in [7, 11) is 0. The van der Waals surface area contributed by atoms with Crippen LogP contribution in [0.5, 0.6) is 0 Å². The Morgan fingerprint density at radius 1 is 1.33 bits per heavy atom. The molecule has 0 aromatic carbocycles. The minimum absolute atomic E-state index is 0.109. The summed E-state index contributed by atoms with van der Waals surface area (Å²) in [6.45, 7) is 6.51. The van der Waals surface area contributed by atoms with Crippen LogP contribution in [0.3, 0.4) is 0 Å². The fourth-order valence-corrected chi connectivity index (χ4v) is 2.76. The zero-order valence-corrected chi connectivity index (χ0v) is 13.7. The predicted octanol–water partition coefficient (Wildman–Crippen LogP) is 1.62. The van der Waals surface area contributed by atoms with E-state index in [1.165, 1.54) is 10.8 Å². The minimum Gasteiger partial charge on any atom is -0.349 e. The number of ketones is 1. The van der Waals surface area contributed by atoms with Crippen LogP contribution in [-0.2, 0) is 13.1 Å². The average Bonchev–Trinajstić information content (AvgIpc) is 2.70. The molecule has 21 heavy (non-hydrogen) atoms. The van der Waals surface area contributed by atoms with E-state index in [0.717, 1.165) is 17.9 Å². The van der Waals surface area contributed by atoms with E-state index in [4.69, 9.17) is 0 Å². The van der Waals surface area contributed by atoms with Crippen LogP contribution < -0.4 is 11.2 Å². The normalized spacial score (nSPS) is 10.9. The molecule has 0 saturated heterocycles. The largest absolute Gasteiger partial charge is 0.349 e. The third-order valence-corrected chi connectivity index (χ3v) is 4.04. The number of carbonyl (C=O) groups is 1. The Kier molecular flexibility index (Phi) is 4.32. The van der Waals surface area contributed by atoms with Crippen LogP contribution >= 0.6 is 15.9 Å². The number of halogens is 1. The second kappa shape index (κ2) is 5.85. The van der Waals surface area contributed by atoms with E-state index in [0.29, 0.717) is 5.56 Å². The maximum Gasteiger partial charge on any atom is 0.328 e. The SMILES string of the molecule is CCn1c(C)cc(C(=O)Cn2cc(Br)c(=O)[nH]c2=O)c1C. The monoisotopic (exact) mass is 353 g/mol. The van der Waals surface area contributed by atoms with Crippen molar-refractivity contribution < 1.29 is 4.79 Å². The van der Waals surface area contributed by atoms with Crippen molar-refractivity contribution in [2.75, 3.05) is 0 Å². The van der Waals surface area contributed by atoms with Crippen molar-refractivity contribution in [2.45, 2.75) is 33.9 Å². The molecule has 112 valence electrons. The molecule has 7 heteroatoms. The van der Waals surface area contributed by atoms with Crippen molar-refractivity contribution in [3.8, 4) is 0 Å². The van der Waals surface area contributed by atoms with Crippen LogP contribution in [0.15, 0.2) is 26.3 Å². The Balaban J connectivity index is 2.37. The predicted molar refractivity (Wildman–Crippen MR) is 82.9 cm³/mol. The standard InChI is InChI=1S/C14H16BrN3O3/c1-4-18-8(2)5-10(9(18)3)12(19)7-17-6-11(15)13(20)16-14(17)21/h5-6H,4,7H2,1-3H3,(H,16,20,21). The van der Waals surface area contributed by atoms with Gasteiger partial charge in [-0.15, -0.1) is 0 Å². The number of hydrogen-bond acceptors (Lipinski definition) is 3. The second-order valence-corrected chi connectivity index (χ2v) is 5.67. The van der Waals surface area contributed by atoms with Gasteiger partial charge in [-0.25, -0.2) is 4.79 Å². The number of hydrogen-bond donors (Lipinski definition) is 1. The summed E-state index contributed by atoms with van der Waals surface area (Å²) in [6, 6.07) is 1.83. The van der Waals surface area contributed by atoms with Crippen molar-refractivity contribution in [1.29, 1.82) is 0 Å². The van der Waals surface area contributed by atoms with Gasteiger partial charge < -0.3 is 4.57 Å². The van der Waals surface area contributed by atoms with Gasteiger partial charge in [0.05, 0.1) is 11.0 Å². The second-order valence-electron chi connectivity index (χ2n) is 4.82. The van der Waals surface area contributed by atoms with Crippen molar-refractivity contribution in [2.24, 2.45) is 0 Å². The topological polar surface area (TPSA) is 76.9 Å². The summed E-state index contributed by atoms with van der Waals surface area (Å²) in [5, 5.41) is 0. The van der Waals surface area contributed by atoms with Gasteiger partial charge in [-0.2, -0.15) is 0 Å². The van der Waals surface area contributed by atoms with E-state index in [9.17, 15) is 14.4 Å². The zero-order valence-electron chi connectivity index (χ0n) is 12.1. The lowest BCUT2D eigenvalue weighted by Crippen LogP contribution is -2.32. The Bertz CT molecular complexity index is 814. The van der Waals surface area contributed by atoms with Crippen LogP contribution in [0.1, 0.15) is 28.7 Å². The third-order valence-electron chi connectivity index (χ3n) is 3.47. The highest BCUT2D eigenvalue weighted by molar-refractivity contribution is 9.10. The molecule has 0 radical (unpaired) electrons. The van der Waals surface area contributed by atoms with E-state index >= 15 is 0 Å². The van der Waals surface area contributed by atoms with E-state index in [1.54, 1.807) is 0 Å². The molecule has 0 amide bonds. The summed E-state index contributed by atoms with van der Waals surface area (Å²) in [6.07, 6.45) is 1.33. The molecule has 0 aliphatic carbocycles. The van der Waals surface area contributed by atoms with Gasteiger partial charge in [0.15, 0.2) is 5.78 Å². The molecule has 0 bridgehead atoms. The minimum atomic E-state index is -0.596. The van der Waals surface area contributed by atoms with Gasteiger partial charge in [0.25, 0.3) is 5.56 Å². The maximum absolute atomic E-state index is 12.4. The van der Waals surface area contributed by atoms with Crippen molar-refractivity contribution in [3.63, 3.8) is 0 Å². The molecule has 1 N–H and O–H groups in total. The van der Waals surface area contributed by atoms with E-state index in [-0.39, 0.29) is 16.8 Å². The quantitative estimate of drug-likeness (QED) is 0.848. The van der Waals surface area contributed by atoms with E-state index < -0.39 is 11.2 Å². The first-order valence-electron chi connectivity index (χ1n) is 6.54. The molecule has 0 saturated carbocycles. The molecule has 0 aliphatic heterocycles. The fourth-order valence-electron chi connectivity index (χ4n) is 2.41. The van der Waals surface area contributed by atoms with Crippen LogP contribution in [0.4, 0.5) is 0 Å². The van der Waals surface area contributed by atoms with Gasteiger partial charge in [0.1, 0.15) is 0 Å². The van der Waals surface area contributed by atoms with Crippen LogP contribution in [-0.4, -0.2) is 19.9 Å². The van der Waals surface area contributed by atoms with Crippen molar-refractivity contribution in [3.05, 3.63) is 54.5 Å². The summed E-state index contributed by atoms with van der Waals surface area (Å²) >= 11 is 3.05. The lowest BCUT2D eigenvalue weighted by Gasteiger charge is -2.07. The lowest BCUT2D eigenvalue weighted by atomic mass is 10.1. The van der Waals surface area contributed by atoms with Gasteiger partial charge >= 0.3 is 5.69 Å². The first kappa shape index (κ1) is 15.5. The summed E-state index contributed by atoms with van der Waals surface area (Å²) in [4.78, 5) is 37.5.